The lowest BCUT2D eigenvalue weighted by Gasteiger charge is -2.08. The molecule has 1 aromatic carbocycles. The second-order valence-electron chi connectivity index (χ2n) is 3.77. The van der Waals surface area contributed by atoms with Gasteiger partial charge in [0.1, 0.15) is 6.04 Å². The van der Waals surface area contributed by atoms with Crippen molar-refractivity contribution in [1.82, 2.24) is 0 Å². The van der Waals surface area contributed by atoms with Gasteiger partial charge in [-0.3, -0.25) is 4.79 Å². The van der Waals surface area contributed by atoms with E-state index in [-0.39, 0.29) is 6.42 Å². The van der Waals surface area contributed by atoms with Crippen molar-refractivity contribution in [2.75, 3.05) is 6.61 Å². The van der Waals surface area contributed by atoms with Crippen LogP contribution in [0.2, 0.25) is 0 Å². The minimum Gasteiger partial charge on any atom is -0.464 e. The highest BCUT2D eigenvalue weighted by Gasteiger charge is 2.12. The summed E-state index contributed by atoms with van der Waals surface area (Å²) in [5.74, 6) is 1.92. The Kier molecular flexibility index (Phi) is 5.84. The highest BCUT2D eigenvalue weighted by molar-refractivity contribution is 5.75. The Morgan fingerprint density at radius 3 is 2.76 bits per heavy atom. The average molecular weight is 231 g/mol. The summed E-state index contributed by atoms with van der Waals surface area (Å²) in [5.41, 5.74) is 6.74. The van der Waals surface area contributed by atoms with Crippen molar-refractivity contribution in [3.05, 3.63) is 35.9 Å². The summed E-state index contributed by atoms with van der Waals surface area (Å²) in [5, 5.41) is 0. The van der Waals surface area contributed by atoms with Crippen LogP contribution < -0.4 is 5.73 Å². The fourth-order valence-electron chi connectivity index (χ4n) is 1.41. The zero-order valence-electron chi connectivity index (χ0n) is 9.76. The second kappa shape index (κ2) is 7.48. The SMILES string of the molecule is C#CCC(N)C(=O)OCCCc1ccccc1. The zero-order valence-corrected chi connectivity index (χ0v) is 9.76. The van der Waals surface area contributed by atoms with Gasteiger partial charge in [-0.1, -0.05) is 30.3 Å². The fraction of sp³-hybridized carbons (Fsp3) is 0.357. The number of nitrogens with two attached hydrogens (primary N) is 1. The number of carbonyl (C=O) groups is 1. The van der Waals surface area contributed by atoms with Crippen molar-refractivity contribution in [3.8, 4) is 12.3 Å². The Hall–Kier alpha value is -1.79. The standard InChI is InChI=1S/C14H17NO2/c1-2-7-13(15)14(16)17-11-6-10-12-8-4-3-5-9-12/h1,3-5,8-9,13H,6-7,10-11,15H2. The monoisotopic (exact) mass is 231 g/mol. The number of ether oxygens (including phenoxy) is 1. The number of benzene rings is 1. The summed E-state index contributed by atoms with van der Waals surface area (Å²) in [4.78, 5) is 11.3. The van der Waals surface area contributed by atoms with Crippen LogP contribution in [0.3, 0.4) is 0 Å². The first kappa shape index (κ1) is 13.3. The molecular weight excluding hydrogens is 214 g/mol. The molecule has 90 valence electrons. The molecule has 1 aromatic rings. The van der Waals surface area contributed by atoms with Crippen LogP contribution in [0, 0.1) is 12.3 Å². The van der Waals surface area contributed by atoms with Crippen molar-refractivity contribution in [2.45, 2.75) is 25.3 Å². The van der Waals surface area contributed by atoms with E-state index in [0.717, 1.165) is 12.8 Å². The van der Waals surface area contributed by atoms with E-state index >= 15 is 0 Å². The van der Waals surface area contributed by atoms with Gasteiger partial charge in [0.2, 0.25) is 0 Å². The Balaban J connectivity index is 2.17. The maximum absolute atomic E-state index is 11.3. The fourth-order valence-corrected chi connectivity index (χ4v) is 1.41. The Labute approximate surface area is 102 Å². The van der Waals surface area contributed by atoms with Gasteiger partial charge in [-0.05, 0) is 18.4 Å². The van der Waals surface area contributed by atoms with E-state index in [1.807, 2.05) is 30.3 Å². The predicted octanol–water partition coefficient (Wildman–Crippen LogP) is 1.51. The number of hydrogen-bond acceptors (Lipinski definition) is 3. The van der Waals surface area contributed by atoms with Gasteiger partial charge in [0.05, 0.1) is 6.61 Å². The highest BCUT2D eigenvalue weighted by atomic mass is 16.5. The van der Waals surface area contributed by atoms with Crippen molar-refractivity contribution in [1.29, 1.82) is 0 Å². The second-order valence-corrected chi connectivity index (χ2v) is 3.77. The molecular formula is C14H17NO2. The van der Waals surface area contributed by atoms with E-state index in [0.29, 0.717) is 6.61 Å². The van der Waals surface area contributed by atoms with Crippen molar-refractivity contribution < 1.29 is 9.53 Å². The molecule has 1 rings (SSSR count). The number of carbonyl (C=O) groups excluding carboxylic acids is 1. The molecule has 1 unspecified atom stereocenters. The number of terminal acetylenes is 1. The maximum Gasteiger partial charge on any atom is 0.323 e. The summed E-state index contributed by atoms with van der Waals surface area (Å²) in [6.45, 7) is 0.381. The predicted molar refractivity (Wildman–Crippen MR) is 67.1 cm³/mol. The summed E-state index contributed by atoms with van der Waals surface area (Å²) in [6.07, 6.45) is 6.96. The van der Waals surface area contributed by atoms with Crippen LogP contribution in [0.4, 0.5) is 0 Å². The quantitative estimate of drug-likeness (QED) is 0.459. The van der Waals surface area contributed by atoms with Crippen molar-refractivity contribution >= 4 is 5.97 Å². The minimum atomic E-state index is -0.697. The van der Waals surface area contributed by atoms with Crippen LogP contribution in [0.5, 0.6) is 0 Å². The summed E-state index contributed by atoms with van der Waals surface area (Å²) in [7, 11) is 0. The van der Waals surface area contributed by atoms with Gasteiger partial charge in [-0.25, -0.2) is 0 Å². The molecule has 2 N–H and O–H groups in total. The molecule has 1 atom stereocenters. The molecule has 0 saturated heterocycles. The molecule has 0 spiro atoms. The first-order chi connectivity index (χ1) is 8.24. The van der Waals surface area contributed by atoms with Crippen LogP contribution in [0.25, 0.3) is 0 Å². The minimum absolute atomic E-state index is 0.220. The Morgan fingerprint density at radius 1 is 1.41 bits per heavy atom. The van der Waals surface area contributed by atoms with Gasteiger partial charge >= 0.3 is 5.97 Å². The van der Waals surface area contributed by atoms with Crippen LogP contribution in [0.15, 0.2) is 30.3 Å². The van der Waals surface area contributed by atoms with Crippen LogP contribution in [-0.2, 0) is 16.0 Å². The Bertz CT molecular complexity index is 381. The lowest BCUT2D eigenvalue weighted by molar-refractivity contribution is -0.145. The topological polar surface area (TPSA) is 52.3 Å². The van der Waals surface area contributed by atoms with Gasteiger partial charge in [0, 0.05) is 6.42 Å². The third kappa shape index (κ3) is 5.19. The van der Waals surface area contributed by atoms with Crippen molar-refractivity contribution in [3.63, 3.8) is 0 Å². The number of aryl methyl sites for hydroxylation is 1. The molecule has 0 radical (unpaired) electrons. The van der Waals surface area contributed by atoms with E-state index in [2.05, 4.69) is 5.92 Å². The van der Waals surface area contributed by atoms with Crippen molar-refractivity contribution in [2.24, 2.45) is 5.73 Å². The summed E-state index contributed by atoms with van der Waals surface area (Å²) in [6, 6.07) is 9.35. The average Bonchev–Trinajstić information content (AvgIpc) is 2.36. The van der Waals surface area contributed by atoms with E-state index in [1.165, 1.54) is 5.56 Å². The molecule has 3 nitrogen and oxygen atoms in total. The van der Waals surface area contributed by atoms with Gasteiger partial charge in [0.25, 0.3) is 0 Å². The lowest BCUT2D eigenvalue weighted by Crippen LogP contribution is -2.32. The molecule has 0 saturated carbocycles. The van der Waals surface area contributed by atoms with Crippen LogP contribution in [0.1, 0.15) is 18.4 Å². The van der Waals surface area contributed by atoms with Gasteiger partial charge < -0.3 is 10.5 Å². The van der Waals surface area contributed by atoms with E-state index in [1.54, 1.807) is 0 Å². The molecule has 0 aromatic heterocycles. The molecule has 0 fully saturated rings. The molecule has 17 heavy (non-hydrogen) atoms. The van der Waals surface area contributed by atoms with Gasteiger partial charge in [0.15, 0.2) is 0 Å². The molecule has 0 aliphatic rings. The molecule has 0 aliphatic carbocycles. The Morgan fingerprint density at radius 2 is 2.12 bits per heavy atom. The van der Waals surface area contributed by atoms with Crippen LogP contribution >= 0.6 is 0 Å². The van der Waals surface area contributed by atoms with Gasteiger partial charge in [-0.15, -0.1) is 12.3 Å². The number of hydrogen-bond donors (Lipinski definition) is 1. The summed E-state index contributed by atoms with van der Waals surface area (Å²) < 4.78 is 5.02. The number of rotatable bonds is 6. The third-order valence-electron chi connectivity index (χ3n) is 2.34. The van der Waals surface area contributed by atoms with Crippen LogP contribution in [-0.4, -0.2) is 18.6 Å². The normalized spacial score (nSPS) is 11.5. The van der Waals surface area contributed by atoms with E-state index in [9.17, 15) is 4.79 Å². The number of esters is 1. The lowest BCUT2D eigenvalue weighted by atomic mass is 10.1. The smallest absolute Gasteiger partial charge is 0.323 e. The first-order valence-corrected chi connectivity index (χ1v) is 5.63. The maximum atomic E-state index is 11.3. The molecule has 0 amide bonds. The molecule has 0 bridgehead atoms. The third-order valence-corrected chi connectivity index (χ3v) is 2.34. The summed E-state index contributed by atoms with van der Waals surface area (Å²) >= 11 is 0. The van der Waals surface area contributed by atoms with E-state index in [4.69, 9.17) is 16.9 Å². The van der Waals surface area contributed by atoms with Gasteiger partial charge in [-0.2, -0.15) is 0 Å². The molecule has 0 aliphatic heterocycles. The molecule has 0 heterocycles. The first-order valence-electron chi connectivity index (χ1n) is 5.63. The highest BCUT2D eigenvalue weighted by Crippen LogP contribution is 2.02. The zero-order chi connectivity index (χ0) is 12.5. The van der Waals surface area contributed by atoms with E-state index < -0.39 is 12.0 Å². The largest absolute Gasteiger partial charge is 0.464 e. The molecule has 3 heteroatoms.